The largest absolute Gasteiger partial charge is 0.496 e. The molecule has 2 aliphatic rings. The fourth-order valence-corrected chi connectivity index (χ4v) is 4.64. The van der Waals surface area contributed by atoms with Gasteiger partial charge in [-0.15, -0.1) is 0 Å². The first-order valence-electron chi connectivity index (χ1n) is 9.90. The first kappa shape index (κ1) is 20.2. The van der Waals surface area contributed by atoms with Crippen LogP contribution in [0.4, 0.5) is 0 Å². The number of rotatable bonds is 6. The standard InChI is InChI=1S/C23H28O6/c1-13-4-5-14(7-20(13)26-2)22-18-11-29-23(19(18)12-28-22)15-6-16(9-24)17(10-25)21(8-15)27-3/h4-8,18-19,22-25H,9-12H2,1-3H3/t18-,19-,22+,23+/m0/s1. The van der Waals surface area contributed by atoms with Crippen molar-refractivity contribution in [1.29, 1.82) is 0 Å². The molecule has 4 atom stereocenters. The lowest BCUT2D eigenvalue weighted by molar-refractivity contribution is 0.0191. The average Bonchev–Trinajstić information content (AvgIpc) is 3.35. The van der Waals surface area contributed by atoms with Crippen LogP contribution in [-0.2, 0) is 22.7 Å². The highest BCUT2D eigenvalue weighted by Gasteiger charge is 2.48. The Kier molecular flexibility index (Phi) is 5.79. The molecule has 6 heteroatoms. The predicted molar refractivity (Wildman–Crippen MR) is 107 cm³/mol. The number of aliphatic hydroxyl groups is 2. The van der Waals surface area contributed by atoms with Crippen molar-refractivity contribution in [2.75, 3.05) is 27.4 Å². The minimum Gasteiger partial charge on any atom is -0.496 e. The predicted octanol–water partition coefficient (Wildman–Crippen LogP) is 3.07. The Labute approximate surface area is 171 Å². The fraction of sp³-hybridized carbons (Fsp3) is 0.478. The van der Waals surface area contributed by atoms with E-state index in [1.165, 1.54) is 0 Å². The van der Waals surface area contributed by atoms with Gasteiger partial charge in [-0.3, -0.25) is 0 Å². The van der Waals surface area contributed by atoms with Crippen molar-refractivity contribution in [1.82, 2.24) is 0 Å². The molecule has 2 aromatic carbocycles. The molecule has 29 heavy (non-hydrogen) atoms. The van der Waals surface area contributed by atoms with Gasteiger partial charge < -0.3 is 29.2 Å². The maximum Gasteiger partial charge on any atom is 0.125 e. The van der Waals surface area contributed by atoms with E-state index in [4.69, 9.17) is 18.9 Å². The number of hydrogen-bond donors (Lipinski definition) is 2. The second kappa shape index (κ2) is 8.32. The summed E-state index contributed by atoms with van der Waals surface area (Å²) in [5.41, 5.74) is 4.42. The summed E-state index contributed by atoms with van der Waals surface area (Å²) in [6.07, 6.45) is -0.167. The van der Waals surface area contributed by atoms with E-state index in [0.29, 0.717) is 30.1 Å². The minimum absolute atomic E-state index is 0.0320. The SMILES string of the molecule is COc1cc([C@H]2OC[C@H]3[C@@H]2CO[C@@H]3c2cc(CO)c(CO)c(OC)c2)ccc1C. The van der Waals surface area contributed by atoms with Crippen LogP contribution in [0.15, 0.2) is 30.3 Å². The van der Waals surface area contributed by atoms with Gasteiger partial charge in [0, 0.05) is 17.4 Å². The van der Waals surface area contributed by atoms with Crippen LogP contribution in [0.1, 0.15) is 40.0 Å². The third kappa shape index (κ3) is 3.51. The van der Waals surface area contributed by atoms with Crippen molar-refractivity contribution in [3.05, 3.63) is 58.1 Å². The molecule has 0 unspecified atom stereocenters. The van der Waals surface area contributed by atoms with Crippen LogP contribution in [0.5, 0.6) is 11.5 Å². The number of benzene rings is 2. The molecule has 2 fully saturated rings. The molecule has 0 amide bonds. The van der Waals surface area contributed by atoms with E-state index in [-0.39, 0.29) is 37.3 Å². The van der Waals surface area contributed by atoms with Gasteiger partial charge in [0.1, 0.15) is 11.5 Å². The summed E-state index contributed by atoms with van der Waals surface area (Å²) < 4.78 is 23.3. The molecule has 2 saturated heterocycles. The molecule has 2 N–H and O–H groups in total. The van der Waals surface area contributed by atoms with Crippen molar-refractivity contribution in [2.24, 2.45) is 11.8 Å². The Morgan fingerprint density at radius 1 is 0.862 bits per heavy atom. The smallest absolute Gasteiger partial charge is 0.125 e. The van der Waals surface area contributed by atoms with Crippen molar-refractivity contribution >= 4 is 0 Å². The lowest BCUT2D eigenvalue weighted by atomic mass is 9.84. The second-order valence-corrected chi connectivity index (χ2v) is 7.74. The zero-order chi connectivity index (χ0) is 20.5. The van der Waals surface area contributed by atoms with Crippen LogP contribution in [-0.4, -0.2) is 37.6 Å². The van der Waals surface area contributed by atoms with E-state index in [1.807, 2.05) is 19.1 Å². The average molecular weight is 400 g/mol. The molecule has 2 aromatic rings. The molecule has 4 rings (SSSR count). The highest BCUT2D eigenvalue weighted by atomic mass is 16.5. The quantitative estimate of drug-likeness (QED) is 0.776. The van der Waals surface area contributed by atoms with E-state index in [9.17, 15) is 10.2 Å². The third-order valence-corrected chi connectivity index (χ3v) is 6.23. The Morgan fingerprint density at radius 3 is 2.07 bits per heavy atom. The van der Waals surface area contributed by atoms with Gasteiger partial charge in [-0.2, -0.15) is 0 Å². The van der Waals surface area contributed by atoms with Crippen LogP contribution >= 0.6 is 0 Å². The van der Waals surface area contributed by atoms with Crippen LogP contribution in [0.3, 0.4) is 0 Å². The van der Waals surface area contributed by atoms with Crippen molar-refractivity contribution in [3.63, 3.8) is 0 Å². The summed E-state index contributed by atoms with van der Waals surface area (Å²) in [4.78, 5) is 0. The molecule has 0 bridgehead atoms. The molecule has 0 radical (unpaired) electrons. The number of fused-ring (bicyclic) bond motifs is 1. The normalized spacial score (nSPS) is 25.8. The Bertz CT molecular complexity index is 855. The number of methoxy groups -OCH3 is 2. The first-order chi connectivity index (χ1) is 14.1. The van der Waals surface area contributed by atoms with Crippen molar-refractivity contribution < 1.29 is 29.2 Å². The molecule has 0 aromatic heterocycles. The first-order valence-corrected chi connectivity index (χ1v) is 9.90. The summed E-state index contributed by atoms with van der Waals surface area (Å²) >= 11 is 0. The van der Waals surface area contributed by atoms with E-state index >= 15 is 0 Å². The highest BCUT2D eigenvalue weighted by molar-refractivity contribution is 5.45. The van der Waals surface area contributed by atoms with Gasteiger partial charge in [-0.25, -0.2) is 0 Å². The Morgan fingerprint density at radius 2 is 1.48 bits per heavy atom. The van der Waals surface area contributed by atoms with Gasteiger partial charge in [0.2, 0.25) is 0 Å². The maximum absolute atomic E-state index is 9.74. The van der Waals surface area contributed by atoms with Crippen LogP contribution < -0.4 is 9.47 Å². The molecule has 0 spiro atoms. The van der Waals surface area contributed by atoms with E-state index < -0.39 is 0 Å². The molecule has 6 nitrogen and oxygen atoms in total. The zero-order valence-corrected chi connectivity index (χ0v) is 17.1. The van der Waals surface area contributed by atoms with Crippen LogP contribution in [0, 0.1) is 18.8 Å². The lowest BCUT2D eigenvalue weighted by Crippen LogP contribution is -2.15. The van der Waals surface area contributed by atoms with E-state index in [1.54, 1.807) is 14.2 Å². The lowest BCUT2D eigenvalue weighted by Gasteiger charge is -2.20. The van der Waals surface area contributed by atoms with Gasteiger partial charge in [0.15, 0.2) is 0 Å². The summed E-state index contributed by atoms with van der Waals surface area (Å²) in [5, 5.41) is 19.4. The van der Waals surface area contributed by atoms with Gasteiger partial charge in [0.25, 0.3) is 0 Å². The second-order valence-electron chi connectivity index (χ2n) is 7.74. The summed E-state index contributed by atoms with van der Waals surface area (Å²) in [6.45, 7) is 2.89. The number of aliphatic hydroxyl groups excluding tert-OH is 2. The summed E-state index contributed by atoms with van der Waals surface area (Å²) in [7, 11) is 3.25. The van der Waals surface area contributed by atoms with Gasteiger partial charge >= 0.3 is 0 Å². The number of aryl methyl sites for hydroxylation is 1. The number of hydrogen-bond acceptors (Lipinski definition) is 6. The molecular weight excluding hydrogens is 372 g/mol. The molecule has 2 heterocycles. The number of ether oxygens (including phenoxy) is 4. The fourth-order valence-electron chi connectivity index (χ4n) is 4.64. The topological polar surface area (TPSA) is 77.4 Å². The summed E-state index contributed by atoms with van der Waals surface area (Å²) in [5.74, 6) is 1.89. The molecule has 0 saturated carbocycles. The molecular formula is C23H28O6. The van der Waals surface area contributed by atoms with E-state index in [0.717, 1.165) is 22.4 Å². The van der Waals surface area contributed by atoms with Gasteiger partial charge in [-0.05, 0) is 41.3 Å². The molecule has 0 aliphatic carbocycles. The highest BCUT2D eigenvalue weighted by Crippen LogP contribution is 2.51. The van der Waals surface area contributed by atoms with Gasteiger partial charge in [-0.1, -0.05) is 18.2 Å². The van der Waals surface area contributed by atoms with Gasteiger partial charge in [0.05, 0.1) is 52.9 Å². The molecule has 2 aliphatic heterocycles. The van der Waals surface area contributed by atoms with Crippen molar-refractivity contribution in [3.8, 4) is 11.5 Å². The zero-order valence-electron chi connectivity index (χ0n) is 17.1. The third-order valence-electron chi connectivity index (χ3n) is 6.23. The maximum atomic E-state index is 9.74. The monoisotopic (exact) mass is 400 g/mol. The van der Waals surface area contributed by atoms with E-state index in [2.05, 4.69) is 18.2 Å². The summed E-state index contributed by atoms with van der Waals surface area (Å²) in [6, 6.07) is 10.0. The van der Waals surface area contributed by atoms with Crippen molar-refractivity contribution in [2.45, 2.75) is 32.3 Å². The van der Waals surface area contributed by atoms with Crippen LogP contribution in [0.25, 0.3) is 0 Å². The van der Waals surface area contributed by atoms with Crippen LogP contribution in [0.2, 0.25) is 0 Å². The minimum atomic E-state index is -0.183. The molecule has 156 valence electrons. The Balaban J connectivity index is 1.61. The Hall–Kier alpha value is -2.12.